The number of hydrogen-bond acceptors (Lipinski definition) is 5. The number of aromatic nitrogens is 2. The number of nitrogens with one attached hydrogen (secondary N) is 1. The summed E-state index contributed by atoms with van der Waals surface area (Å²) >= 11 is 0. The van der Waals surface area contributed by atoms with Gasteiger partial charge in [0.2, 0.25) is 11.8 Å². The van der Waals surface area contributed by atoms with E-state index >= 15 is 0 Å². The largest absolute Gasteiger partial charge is 0.478 e. The quantitative estimate of drug-likeness (QED) is 0.834. The van der Waals surface area contributed by atoms with E-state index in [0.29, 0.717) is 24.5 Å². The van der Waals surface area contributed by atoms with Crippen molar-refractivity contribution in [2.24, 2.45) is 0 Å². The van der Waals surface area contributed by atoms with Crippen LogP contribution in [0.3, 0.4) is 0 Å². The summed E-state index contributed by atoms with van der Waals surface area (Å²) in [6, 6.07) is 2.30. The van der Waals surface area contributed by atoms with Gasteiger partial charge in [-0.25, -0.2) is 4.98 Å². The van der Waals surface area contributed by atoms with Crippen molar-refractivity contribution < 1.29 is 4.74 Å². The monoisotopic (exact) mass is 250 g/mol. The van der Waals surface area contributed by atoms with E-state index in [2.05, 4.69) is 27.1 Å². The highest BCUT2D eigenvalue weighted by Gasteiger charge is 2.17. The molecule has 5 nitrogen and oxygen atoms in total. The van der Waals surface area contributed by atoms with E-state index in [1.54, 1.807) is 12.3 Å². The second kappa shape index (κ2) is 6.54. The molecule has 100 valence electrons. The molecule has 0 bridgehead atoms. The van der Waals surface area contributed by atoms with Gasteiger partial charge in [0.25, 0.3) is 0 Å². The van der Waals surface area contributed by atoms with Crippen molar-refractivity contribution in [1.29, 1.82) is 0 Å². The Morgan fingerprint density at radius 1 is 1.44 bits per heavy atom. The van der Waals surface area contributed by atoms with Gasteiger partial charge in [-0.2, -0.15) is 4.98 Å². The van der Waals surface area contributed by atoms with E-state index in [4.69, 9.17) is 4.74 Å². The maximum absolute atomic E-state index is 5.35. The van der Waals surface area contributed by atoms with Crippen LogP contribution in [0.15, 0.2) is 12.3 Å². The Balaban J connectivity index is 1.83. The van der Waals surface area contributed by atoms with Crippen LogP contribution in [0.1, 0.15) is 26.7 Å². The summed E-state index contributed by atoms with van der Waals surface area (Å²) in [4.78, 5) is 11.0. The molecule has 1 unspecified atom stereocenters. The van der Waals surface area contributed by atoms with Gasteiger partial charge in [0.1, 0.15) is 0 Å². The van der Waals surface area contributed by atoms with Crippen LogP contribution in [0.5, 0.6) is 5.88 Å². The molecule has 2 rings (SSSR count). The Bertz CT molecular complexity index is 366. The molecule has 0 aliphatic carbocycles. The highest BCUT2D eigenvalue weighted by molar-refractivity contribution is 5.27. The van der Waals surface area contributed by atoms with Crippen molar-refractivity contribution in [2.45, 2.75) is 32.7 Å². The number of anilines is 1. The van der Waals surface area contributed by atoms with Gasteiger partial charge in [-0.3, -0.25) is 4.90 Å². The van der Waals surface area contributed by atoms with Crippen molar-refractivity contribution in [2.75, 3.05) is 31.6 Å². The second-order valence-corrected chi connectivity index (χ2v) is 4.62. The number of hydrogen-bond donors (Lipinski definition) is 1. The molecule has 0 radical (unpaired) electrons. The maximum Gasteiger partial charge on any atom is 0.225 e. The molecule has 18 heavy (non-hydrogen) atoms. The first kappa shape index (κ1) is 13.1. The molecule has 1 aliphatic heterocycles. The molecular formula is C13H22N4O. The lowest BCUT2D eigenvalue weighted by Gasteiger charge is -2.23. The molecule has 1 fully saturated rings. The summed E-state index contributed by atoms with van der Waals surface area (Å²) in [6.07, 6.45) is 4.36. The van der Waals surface area contributed by atoms with E-state index in [1.807, 2.05) is 6.92 Å². The minimum atomic E-state index is 0.520. The third-order valence-electron chi connectivity index (χ3n) is 3.24. The van der Waals surface area contributed by atoms with E-state index < -0.39 is 0 Å². The molecule has 1 N–H and O–H groups in total. The average molecular weight is 250 g/mol. The zero-order chi connectivity index (χ0) is 12.8. The lowest BCUT2D eigenvalue weighted by molar-refractivity contribution is 0.268. The summed E-state index contributed by atoms with van der Waals surface area (Å²) in [7, 11) is 0. The fourth-order valence-electron chi connectivity index (χ4n) is 2.21. The van der Waals surface area contributed by atoms with Crippen LogP contribution in [-0.2, 0) is 0 Å². The standard InChI is InChI=1S/C13H22N4O/c1-3-18-12-6-7-14-13(16-12)15-10-11(2)17-8-4-5-9-17/h6-7,11H,3-5,8-10H2,1-2H3,(H,14,15,16). The Labute approximate surface area is 109 Å². The first-order valence-electron chi connectivity index (χ1n) is 6.73. The normalized spacial score (nSPS) is 17.7. The Morgan fingerprint density at radius 2 is 2.22 bits per heavy atom. The fraction of sp³-hybridized carbons (Fsp3) is 0.692. The van der Waals surface area contributed by atoms with Crippen molar-refractivity contribution in [3.63, 3.8) is 0 Å². The highest BCUT2D eigenvalue weighted by atomic mass is 16.5. The molecule has 0 saturated carbocycles. The van der Waals surface area contributed by atoms with Crippen LogP contribution in [0.25, 0.3) is 0 Å². The van der Waals surface area contributed by atoms with Crippen LogP contribution in [0, 0.1) is 0 Å². The van der Waals surface area contributed by atoms with Crippen LogP contribution in [0.4, 0.5) is 5.95 Å². The van der Waals surface area contributed by atoms with Gasteiger partial charge >= 0.3 is 0 Å². The van der Waals surface area contributed by atoms with Crippen molar-refractivity contribution in [3.8, 4) is 5.88 Å². The lowest BCUT2D eigenvalue weighted by Crippen LogP contribution is -2.35. The predicted molar refractivity (Wildman–Crippen MR) is 72.0 cm³/mol. The van der Waals surface area contributed by atoms with E-state index in [9.17, 15) is 0 Å². The average Bonchev–Trinajstić information content (AvgIpc) is 2.91. The summed E-state index contributed by atoms with van der Waals surface area (Å²) in [5, 5.41) is 3.28. The molecule has 1 aliphatic rings. The molecule has 1 aromatic heterocycles. The van der Waals surface area contributed by atoms with E-state index in [0.717, 1.165) is 6.54 Å². The van der Waals surface area contributed by atoms with Gasteiger partial charge in [0.05, 0.1) is 6.61 Å². The molecule has 1 saturated heterocycles. The predicted octanol–water partition coefficient (Wildman–Crippen LogP) is 1.77. The first-order valence-corrected chi connectivity index (χ1v) is 6.73. The third kappa shape index (κ3) is 3.57. The Kier molecular flexibility index (Phi) is 4.75. The number of rotatable bonds is 6. The number of nitrogens with zero attached hydrogens (tertiary/aromatic N) is 3. The zero-order valence-corrected chi connectivity index (χ0v) is 11.2. The van der Waals surface area contributed by atoms with Gasteiger partial charge in [-0.15, -0.1) is 0 Å². The number of ether oxygens (including phenoxy) is 1. The molecular weight excluding hydrogens is 228 g/mol. The van der Waals surface area contributed by atoms with E-state index in [-0.39, 0.29) is 0 Å². The van der Waals surface area contributed by atoms with Gasteiger partial charge in [-0.05, 0) is 39.8 Å². The maximum atomic E-state index is 5.35. The molecule has 5 heteroatoms. The van der Waals surface area contributed by atoms with Gasteiger partial charge in [0, 0.05) is 24.8 Å². The SMILES string of the molecule is CCOc1ccnc(NCC(C)N2CCCC2)n1. The first-order chi connectivity index (χ1) is 8.79. The minimum absolute atomic E-state index is 0.520. The molecule has 0 aromatic carbocycles. The summed E-state index contributed by atoms with van der Waals surface area (Å²) in [5.41, 5.74) is 0. The van der Waals surface area contributed by atoms with Crippen LogP contribution in [0.2, 0.25) is 0 Å². The zero-order valence-electron chi connectivity index (χ0n) is 11.2. The van der Waals surface area contributed by atoms with Crippen LogP contribution < -0.4 is 10.1 Å². The molecule has 0 spiro atoms. The molecule has 0 amide bonds. The third-order valence-corrected chi connectivity index (χ3v) is 3.24. The lowest BCUT2D eigenvalue weighted by atomic mass is 10.3. The smallest absolute Gasteiger partial charge is 0.225 e. The highest BCUT2D eigenvalue weighted by Crippen LogP contribution is 2.12. The summed E-state index contributed by atoms with van der Waals surface area (Å²) in [6.45, 7) is 8.11. The molecule has 1 atom stereocenters. The van der Waals surface area contributed by atoms with Crippen LogP contribution in [-0.4, -0.2) is 47.2 Å². The Hall–Kier alpha value is -1.36. The van der Waals surface area contributed by atoms with Crippen LogP contribution >= 0.6 is 0 Å². The summed E-state index contributed by atoms with van der Waals surface area (Å²) in [5.74, 6) is 1.27. The van der Waals surface area contributed by atoms with Gasteiger partial charge in [-0.1, -0.05) is 0 Å². The minimum Gasteiger partial charge on any atom is -0.478 e. The van der Waals surface area contributed by atoms with Crippen molar-refractivity contribution >= 4 is 5.95 Å². The van der Waals surface area contributed by atoms with Gasteiger partial charge < -0.3 is 10.1 Å². The topological polar surface area (TPSA) is 50.3 Å². The Morgan fingerprint density at radius 3 is 2.94 bits per heavy atom. The van der Waals surface area contributed by atoms with Crippen molar-refractivity contribution in [3.05, 3.63) is 12.3 Å². The van der Waals surface area contributed by atoms with E-state index in [1.165, 1.54) is 25.9 Å². The fourth-order valence-corrected chi connectivity index (χ4v) is 2.21. The molecule has 2 heterocycles. The molecule has 1 aromatic rings. The number of likely N-dealkylation sites (tertiary alicyclic amines) is 1. The van der Waals surface area contributed by atoms with Crippen molar-refractivity contribution in [1.82, 2.24) is 14.9 Å². The van der Waals surface area contributed by atoms with Gasteiger partial charge in [0.15, 0.2) is 0 Å². The second-order valence-electron chi connectivity index (χ2n) is 4.62. The summed E-state index contributed by atoms with van der Waals surface area (Å²) < 4.78 is 5.35.